The fraction of sp³-hybridized carbons (Fsp3) is 0.0952. The molecule has 3 rings (SSSR count). The number of carbonyl (C=O) groups is 1. The van der Waals surface area contributed by atoms with Crippen LogP contribution in [0.2, 0.25) is 0 Å². The number of rotatable bonds is 5. The molecule has 126 valence electrons. The molecule has 25 heavy (non-hydrogen) atoms. The molecule has 4 nitrogen and oxygen atoms in total. The van der Waals surface area contributed by atoms with E-state index in [0.717, 1.165) is 22.0 Å². The lowest BCUT2D eigenvalue weighted by Gasteiger charge is -2.07. The molecule has 0 saturated heterocycles. The van der Waals surface area contributed by atoms with Crippen molar-refractivity contribution in [3.8, 4) is 11.5 Å². The van der Waals surface area contributed by atoms with E-state index in [1.807, 2.05) is 54.6 Å². The zero-order chi connectivity index (χ0) is 17.6. The van der Waals surface area contributed by atoms with Crippen LogP contribution in [0.3, 0.4) is 0 Å². The first-order chi connectivity index (χ1) is 12.2. The van der Waals surface area contributed by atoms with E-state index >= 15 is 0 Å². The van der Waals surface area contributed by atoms with Crippen LogP contribution in [-0.2, 0) is 4.79 Å². The lowest BCUT2D eigenvalue weighted by molar-refractivity contribution is -0.111. The van der Waals surface area contributed by atoms with Crippen molar-refractivity contribution in [3.63, 3.8) is 0 Å². The Kier molecular flexibility index (Phi) is 5.00. The van der Waals surface area contributed by atoms with Crippen molar-refractivity contribution in [3.05, 3.63) is 72.3 Å². The van der Waals surface area contributed by atoms with Gasteiger partial charge in [-0.2, -0.15) is 0 Å². The first-order valence-corrected chi connectivity index (χ1v) is 7.89. The minimum atomic E-state index is -0.190. The average Bonchev–Trinajstić information content (AvgIpc) is 2.66. The predicted molar refractivity (Wildman–Crippen MR) is 101 cm³/mol. The number of ether oxygens (including phenoxy) is 2. The number of fused-ring (bicyclic) bond motifs is 1. The quantitative estimate of drug-likeness (QED) is 0.699. The summed E-state index contributed by atoms with van der Waals surface area (Å²) in [4.78, 5) is 12.1. The molecule has 0 aliphatic rings. The molecule has 0 aliphatic heterocycles. The smallest absolute Gasteiger partial charge is 0.248 e. The average molecular weight is 333 g/mol. The van der Waals surface area contributed by atoms with Crippen molar-refractivity contribution >= 4 is 28.4 Å². The van der Waals surface area contributed by atoms with E-state index in [9.17, 15) is 4.79 Å². The normalized spacial score (nSPS) is 10.8. The van der Waals surface area contributed by atoms with Gasteiger partial charge in [-0.3, -0.25) is 4.79 Å². The summed E-state index contributed by atoms with van der Waals surface area (Å²) >= 11 is 0. The molecular formula is C21H19NO3. The molecule has 0 saturated carbocycles. The third-order valence-electron chi connectivity index (χ3n) is 3.85. The number of benzene rings is 3. The Bertz CT molecular complexity index is 931. The standard InChI is InChI=1S/C21H19NO3/c1-24-19-11-7-15(13-20(19)25-2)8-12-21(23)22-18-10-9-16-5-3-4-6-17(16)14-18/h3-14H,1-2H3,(H,22,23)/b12-8+. The number of amides is 1. The van der Waals surface area contributed by atoms with Crippen LogP contribution in [0.4, 0.5) is 5.69 Å². The van der Waals surface area contributed by atoms with Gasteiger partial charge in [0.1, 0.15) is 0 Å². The van der Waals surface area contributed by atoms with E-state index in [-0.39, 0.29) is 5.91 Å². The Morgan fingerprint density at radius 3 is 2.40 bits per heavy atom. The molecule has 0 spiro atoms. The third-order valence-corrected chi connectivity index (χ3v) is 3.85. The first kappa shape index (κ1) is 16.6. The van der Waals surface area contributed by atoms with Gasteiger partial charge in [0.2, 0.25) is 5.91 Å². The Morgan fingerprint density at radius 1 is 0.880 bits per heavy atom. The number of hydrogen-bond acceptors (Lipinski definition) is 3. The summed E-state index contributed by atoms with van der Waals surface area (Å²) in [5, 5.41) is 5.10. The predicted octanol–water partition coefficient (Wildman–Crippen LogP) is 4.51. The van der Waals surface area contributed by atoms with E-state index in [4.69, 9.17) is 9.47 Å². The van der Waals surface area contributed by atoms with Gasteiger partial charge in [-0.05, 0) is 46.7 Å². The summed E-state index contributed by atoms with van der Waals surface area (Å²) in [6.07, 6.45) is 3.23. The van der Waals surface area contributed by atoms with Crippen molar-refractivity contribution in [1.82, 2.24) is 0 Å². The highest BCUT2D eigenvalue weighted by molar-refractivity contribution is 6.03. The van der Waals surface area contributed by atoms with Gasteiger partial charge in [0, 0.05) is 11.8 Å². The second-order valence-corrected chi connectivity index (χ2v) is 5.50. The molecule has 0 radical (unpaired) electrons. The number of nitrogens with one attached hydrogen (secondary N) is 1. The lowest BCUT2D eigenvalue weighted by Crippen LogP contribution is -2.07. The Balaban J connectivity index is 1.71. The molecule has 0 atom stereocenters. The molecule has 1 N–H and O–H groups in total. The van der Waals surface area contributed by atoms with Gasteiger partial charge in [0.05, 0.1) is 14.2 Å². The highest BCUT2D eigenvalue weighted by Gasteiger charge is 2.04. The van der Waals surface area contributed by atoms with Crippen LogP contribution in [0.15, 0.2) is 66.7 Å². The molecule has 0 aliphatic carbocycles. The van der Waals surface area contributed by atoms with Gasteiger partial charge in [-0.1, -0.05) is 36.4 Å². The topological polar surface area (TPSA) is 47.6 Å². The zero-order valence-electron chi connectivity index (χ0n) is 14.2. The molecular weight excluding hydrogens is 314 g/mol. The van der Waals surface area contributed by atoms with Crippen LogP contribution in [0.25, 0.3) is 16.8 Å². The summed E-state index contributed by atoms with van der Waals surface area (Å²) in [7, 11) is 3.17. The fourth-order valence-corrected chi connectivity index (χ4v) is 2.58. The second-order valence-electron chi connectivity index (χ2n) is 5.50. The minimum absolute atomic E-state index is 0.190. The molecule has 0 bridgehead atoms. The van der Waals surface area contributed by atoms with Crippen LogP contribution in [0, 0.1) is 0 Å². The van der Waals surface area contributed by atoms with Crippen LogP contribution < -0.4 is 14.8 Å². The van der Waals surface area contributed by atoms with Gasteiger partial charge >= 0.3 is 0 Å². The number of methoxy groups -OCH3 is 2. The highest BCUT2D eigenvalue weighted by atomic mass is 16.5. The van der Waals surface area contributed by atoms with E-state index < -0.39 is 0 Å². The number of carbonyl (C=O) groups excluding carboxylic acids is 1. The summed E-state index contributed by atoms with van der Waals surface area (Å²) in [5.41, 5.74) is 1.62. The van der Waals surface area contributed by atoms with Gasteiger partial charge in [0.25, 0.3) is 0 Å². The molecule has 3 aromatic carbocycles. The van der Waals surface area contributed by atoms with Crippen molar-refractivity contribution in [2.75, 3.05) is 19.5 Å². The third kappa shape index (κ3) is 3.98. The van der Waals surface area contributed by atoms with Crippen LogP contribution in [-0.4, -0.2) is 20.1 Å². The van der Waals surface area contributed by atoms with Gasteiger partial charge in [-0.25, -0.2) is 0 Å². The Morgan fingerprint density at radius 2 is 1.64 bits per heavy atom. The lowest BCUT2D eigenvalue weighted by atomic mass is 10.1. The minimum Gasteiger partial charge on any atom is -0.493 e. The molecule has 0 aromatic heterocycles. The van der Waals surface area contributed by atoms with E-state index in [2.05, 4.69) is 5.32 Å². The maximum absolute atomic E-state index is 12.1. The van der Waals surface area contributed by atoms with E-state index in [0.29, 0.717) is 11.5 Å². The van der Waals surface area contributed by atoms with Gasteiger partial charge < -0.3 is 14.8 Å². The maximum atomic E-state index is 12.1. The maximum Gasteiger partial charge on any atom is 0.248 e. The summed E-state index contributed by atoms with van der Waals surface area (Å²) < 4.78 is 10.5. The summed E-state index contributed by atoms with van der Waals surface area (Å²) in [5.74, 6) is 1.09. The first-order valence-electron chi connectivity index (χ1n) is 7.89. The molecule has 0 fully saturated rings. The largest absolute Gasteiger partial charge is 0.493 e. The van der Waals surface area contributed by atoms with E-state index in [1.165, 1.54) is 6.08 Å². The molecule has 3 aromatic rings. The van der Waals surface area contributed by atoms with Crippen molar-refractivity contribution in [2.45, 2.75) is 0 Å². The molecule has 4 heteroatoms. The number of hydrogen-bond donors (Lipinski definition) is 1. The number of anilines is 1. The summed E-state index contributed by atoms with van der Waals surface area (Å²) in [6.45, 7) is 0. The van der Waals surface area contributed by atoms with Gasteiger partial charge in [-0.15, -0.1) is 0 Å². The molecule has 0 heterocycles. The van der Waals surface area contributed by atoms with Crippen LogP contribution >= 0.6 is 0 Å². The SMILES string of the molecule is COc1ccc(/C=C/C(=O)Nc2ccc3ccccc3c2)cc1OC. The van der Waals surface area contributed by atoms with Gasteiger partial charge in [0.15, 0.2) is 11.5 Å². The van der Waals surface area contributed by atoms with Crippen molar-refractivity contribution < 1.29 is 14.3 Å². The van der Waals surface area contributed by atoms with Crippen molar-refractivity contribution in [2.24, 2.45) is 0 Å². The molecule has 0 unspecified atom stereocenters. The van der Waals surface area contributed by atoms with Crippen LogP contribution in [0.5, 0.6) is 11.5 Å². The van der Waals surface area contributed by atoms with Crippen LogP contribution in [0.1, 0.15) is 5.56 Å². The Labute approximate surface area is 146 Å². The highest BCUT2D eigenvalue weighted by Crippen LogP contribution is 2.28. The monoisotopic (exact) mass is 333 g/mol. The molecule has 1 amide bonds. The zero-order valence-corrected chi connectivity index (χ0v) is 14.2. The second kappa shape index (κ2) is 7.53. The van der Waals surface area contributed by atoms with E-state index in [1.54, 1.807) is 26.4 Å². The Hall–Kier alpha value is -3.27. The van der Waals surface area contributed by atoms with Crippen molar-refractivity contribution in [1.29, 1.82) is 0 Å². The fourth-order valence-electron chi connectivity index (χ4n) is 2.58. The summed E-state index contributed by atoms with van der Waals surface area (Å²) in [6, 6.07) is 19.4.